The molecule has 0 aromatic heterocycles. The zero-order chi connectivity index (χ0) is 37.2. The normalized spacial score (nSPS) is 13.1. The van der Waals surface area contributed by atoms with Crippen LogP contribution in [0.25, 0.3) is 32.7 Å². The Morgan fingerprint density at radius 2 is 0.981 bits per heavy atom. The number of halogens is 1. The van der Waals surface area contributed by atoms with Crippen LogP contribution < -0.4 is 15.0 Å². The molecule has 0 saturated carbocycles. The Balaban J connectivity index is 1.27. The van der Waals surface area contributed by atoms with Crippen LogP contribution in [0.3, 0.4) is 0 Å². The minimum absolute atomic E-state index is 0.255. The SMILES string of the molecule is CC1(C)c2cc(N(c3cccc(F)c3)c3ccc([Si](C)(C)C)c4ccccc34)ccc2-c2c1cc(N(c1ccccc1)c1ccccc1)c1ccccc21. The predicted molar refractivity (Wildman–Crippen MR) is 231 cm³/mol. The summed E-state index contributed by atoms with van der Waals surface area (Å²) in [6.45, 7) is 11.9. The summed E-state index contributed by atoms with van der Waals surface area (Å²) >= 11 is 0. The largest absolute Gasteiger partial charge is 0.310 e. The van der Waals surface area contributed by atoms with Gasteiger partial charge in [0.25, 0.3) is 0 Å². The van der Waals surface area contributed by atoms with E-state index in [9.17, 15) is 0 Å². The highest BCUT2D eigenvalue weighted by molar-refractivity contribution is 6.90. The van der Waals surface area contributed by atoms with Crippen molar-refractivity contribution in [1.29, 1.82) is 0 Å². The summed E-state index contributed by atoms with van der Waals surface area (Å²) in [7, 11) is -1.65. The maximum Gasteiger partial charge on any atom is 0.125 e. The highest BCUT2D eigenvalue weighted by atomic mass is 28.3. The standard InChI is InChI=1S/C50H43FN2Si/c1-50(2)44-32-38(53(37-22-16-17-34(51)31-37)46-29-30-48(54(3,4)5)41-25-14-12-23-39(41)46)27-28-43(44)49-42-26-15-13-24-40(42)47(33-45(49)50)52(35-18-8-6-9-19-35)36-20-10-7-11-21-36/h6-33H,1-5H3. The first-order valence-corrected chi connectivity index (χ1v) is 22.3. The second-order valence-corrected chi connectivity index (χ2v) is 21.0. The molecule has 1 aliphatic rings. The molecule has 0 heterocycles. The average molecular weight is 719 g/mol. The molecule has 0 atom stereocenters. The van der Waals surface area contributed by atoms with E-state index in [1.54, 1.807) is 6.07 Å². The minimum Gasteiger partial charge on any atom is -0.310 e. The lowest BCUT2D eigenvalue weighted by Gasteiger charge is -2.31. The second-order valence-electron chi connectivity index (χ2n) is 16.0. The quantitative estimate of drug-likeness (QED) is 0.151. The fourth-order valence-electron chi connectivity index (χ4n) is 8.63. The molecule has 0 fully saturated rings. The summed E-state index contributed by atoms with van der Waals surface area (Å²) in [5.41, 5.74) is 11.0. The van der Waals surface area contributed by atoms with Gasteiger partial charge in [0.2, 0.25) is 0 Å². The third-order valence-electron chi connectivity index (χ3n) is 11.2. The second kappa shape index (κ2) is 12.9. The fourth-order valence-corrected chi connectivity index (χ4v) is 10.2. The monoisotopic (exact) mass is 718 g/mol. The molecule has 54 heavy (non-hydrogen) atoms. The van der Waals surface area contributed by atoms with Crippen molar-refractivity contribution >= 4 is 68.9 Å². The molecule has 0 bridgehead atoms. The Hall–Kier alpha value is -5.97. The number of rotatable bonds is 7. The van der Waals surface area contributed by atoms with Gasteiger partial charge in [-0.25, -0.2) is 4.39 Å². The molecular weight excluding hydrogens is 676 g/mol. The molecule has 2 nitrogen and oxygen atoms in total. The van der Waals surface area contributed by atoms with Gasteiger partial charge in [-0.15, -0.1) is 0 Å². The van der Waals surface area contributed by atoms with E-state index in [0.29, 0.717) is 0 Å². The van der Waals surface area contributed by atoms with Crippen LogP contribution in [0.1, 0.15) is 25.0 Å². The van der Waals surface area contributed by atoms with Gasteiger partial charge in [-0.2, -0.15) is 0 Å². The first-order valence-electron chi connectivity index (χ1n) is 18.8. The maximum absolute atomic E-state index is 15.1. The van der Waals surface area contributed by atoms with Crippen molar-refractivity contribution in [2.75, 3.05) is 9.80 Å². The average Bonchev–Trinajstić information content (AvgIpc) is 3.41. The predicted octanol–water partition coefficient (Wildman–Crippen LogP) is 13.9. The van der Waals surface area contributed by atoms with Gasteiger partial charge in [-0.1, -0.05) is 142 Å². The van der Waals surface area contributed by atoms with E-state index in [0.717, 1.165) is 34.1 Å². The highest BCUT2D eigenvalue weighted by Crippen LogP contribution is 2.56. The Morgan fingerprint density at radius 1 is 0.444 bits per heavy atom. The molecule has 0 saturated heterocycles. The van der Waals surface area contributed by atoms with Crippen LogP contribution in [0.5, 0.6) is 0 Å². The highest BCUT2D eigenvalue weighted by Gasteiger charge is 2.38. The van der Waals surface area contributed by atoms with Crippen LogP contribution in [-0.4, -0.2) is 8.07 Å². The number of para-hydroxylation sites is 2. The fraction of sp³-hybridized carbons (Fsp3) is 0.120. The van der Waals surface area contributed by atoms with E-state index in [2.05, 4.69) is 189 Å². The van der Waals surface area contributed by atoms with Crippen molar-refractivity contribution < 1.29 is 4.39 Å². The lowest BCUT2D eigenvalue weighted by molar-refractivity contribution is 0.628. The number of anilines is 6. The first-order chi connectivity index (χ1) is 26.1. The Labute approximate surface area is 318 Å². The van der Waals surface area contributed by atoms with E-state index in [1.165, 1.54) is 55.1 Å². The maximum atomic E-state index is 15.1. The first kappa shape index (κ1) is 33.8. The lowest BCUT2D eigenvalue weighted by atomic mass is 9.81. The molecule has 8 aromatic rings. The molecule has 0 spiro atoms. The Morgan fingerprint density at radius 3 is 1.61 bits per heavy atom. The number of hydrogen-bond acceptors (Lipinski definition) is 2. The van der Waals surface area contributed by atoms with Crippen molar-refractivity contribution in [2.24, 2.45) is 0 Å². The number of benzene rings is 8. The molecule has 0 N–H and O–H groups in total. The van der Waals surface area contributed by atoms with Crippen molar-refractivity contribution in [1.82, 2.24) is 0 Å². The van der Waals surface area contributed by atoms with E-state index < -0.39 is 8.07 Å². The van der Waals surface area contributed by atoms with Crippen molar-refractivity contribution in [3.05, 3.63) is 187 Å². The van der Waals surface area contributed by atoms with Gasteiger partial charge in [-0.05, 0) is 99.8 Å². The van der Waals surface area contributed by atoms with Gasteiger partial charge in [0.1, 0.15) is 5.82 Å². The van der Waals surface area contributed by atoms with Crippen molar-refractivity contribution in [2.45, 2.75) is 38.9 Å². The summed E-state index contributed by atoms with van der Waals surface area (Å²) in [5.74, 6) is -0.255. The lowest BCUT2D eigenvalue weighted by Crippen LogP contribution is -2.38. The molecule has 0 amide bonds. The van der Waals surface area contributed by atoms with Gasteiger partial charge in [0.05, 0.1) is 19.4 Å². The van der Waals surface area contributed by atoms with Gasteiger partial charge in [0, 0.05) is 38.9 Å². The van der Waals surface area contributed by atoms with Crippen molar-refractivity contribution in [3.8, 4) is 11.1 Å². The third-order valence-corrected chi connectivity index (χ3v) is 13.2. The molecule has 264 valence electrons. The van der Waals surface area contributed by atoms with Gasteiger partial charge < -0.3 is 9.80 Å². The summed E-state index contributed by atoms with van der Waals surface area (Å²) in [6.07, 6.45) is 0. The summed E-state index contributed by atoms with van der Waals surface area (Å²) in [5, 5.41) is 6.30. The zero-order valence-corrected chi connectivity index (χ0v) is 32.4. The van der Waals surface area contributed by atoms with Crippen LogP contribution in [-0.2, 0) is 5.41 Å². The number of fused-ring (bicyclic) bond motifs is 6. The van der Waals surface area contributed by atoms with Gasteiger partial charge in [0.15, 0.2) is 0 Å². The molecular formula is C50H43FN2Si. The number of nitrogens with zero attached hydrogens (tertiary/aromatic N) is 2. The molecule has 0 aliphatic heterocycles. The minimum atomic E-state index is -1.65. The smallest absolute Gasteiger partial charge is 0.125 e. The number of hydrogen-bond donors (Lipinski definition) is 0. The van der Waals surface area contributed by atoms with Crippen molar-refractivity contribution in [3.63, 3.8) is 0 Å². The van der Waals surface area contributed by atoms with E-state index in [1.807, 2.05) is 12.1 Å². The van der Waals surface area contributed by atoms with Crippen LogP contribution >= 0.6 is 0 Å². The molecule has 9 rings (SSSR count). The topological polar surface area (TPSA) is 6.48 Å². The van der Waals surface area contributed by atoms with Crippen LogP contribution in [0.2, 0.25) is 19.6 Å². The van der Waals surface area contributed by atoms with E-state index >= 15 is 4.39 Å². The molecule has 4 heteroatoms. The Kier molecular flexibility index (Phi) is 8.06. The van der Waals surface area contributed by atoms with Crippen LogP contribution in [0.4, 0.5) is 38.5 Å². The zero-order valence-electron chi connectivity index (χ0n) is 31.4. The van der Waals surface area contributed by atoms with Crippen LogP contribution in [0, 0.1) is 5.82 Å². The van der Waals surface area contributed by atoms with Gasteiger partial charge in [-0.3, -0.25) is 0 Å². The van der Waals surface area contributed by atoms with Gasteiger partial charge >= 0.3 is 0 Å². The Bertz CT molecular complexity index is 2660. The molecule has 0 unspecified atom stereocenters. The molecule has 1 aliphatic carbocycles. The summed E-state index contributed by atoms with van der Waals surface area (Å²) < 4.78 is 15.1. The summed E-state index contributed by atoms with van der Waals surface area (Å²) in [4.78, 5) is 4.63. The molecule has 8 aromatic carbocycles. The van der Waals surface area contributed by atoms with E-state index in [4.69, 9.17) is 0 Å². The summed E-state index contributed by atoms with van der Waals surface area (Å²) in [6, 6.07) is 59.7. The van der Waals surface area contributed by atoms with E-state index in [-0.39, 0.29) is 11.2 Å². The third kappa shape index (κ3) is 5.52. The van der Waals surface area contributed by atoms with Crippen LogP contribution in [0.15, 0.2) is 170 Å². The molecule has 0 radical (unpaired) electrons.